The molecular weight excluding hydrogens is 373 g/mol. The number of halogens is 2. The Morgan fingerprint density at radius 2 is 1.73 bits per heavy atom. The Balaban J connectivity index is 2.14. The first kappa shape index (κ1) is 21.0. The third kappa shape index (κ3) is 4.72. The van der Waals surface area contributed by atoms with Crippen molar-refractivity contribution in [3.05, 3.63) is 33.8 Å². The molecule has 1 N–H and O–H groups in total. The SMILES string of the molecule is COC(=O)C1(NC(=O)Cc2c(Cl)cccc2Cl)CCC(C(C)(C)C)CC1. The Morgan fingerprint density at radius 3 is 2.19 bits per heavy atom. The van der Waals surface area contributed by atoms with Crippen molar-refractivity contribution in [2.45, 2.75) is 58.4 Å². The summed E-state index contributed by atoms with van der Waals surface area (Å²) in [7, 11) is 1.36. The molecular formula is C20H27Cl2NO3. The molecule has 26 heavy (non-hydrogen) atoms. The van der Waals surface area contributed by atoms with Crippen LogP contribution >= 0.6 is 23.2 Å². The number of carbonyl (C=O) groups is 2. The van der Waals surface area contributed by atoms with Gasteiger partial charge in [-0.15, -0.1) is 0 Å². The molecule has 144 valence electrons. The lowest BCUT2D eigenvalue weighted by Crippen LogP contribution is -2.57. The number of ether oxygens (including phenoxy) is 1. The van der Waals surface area contributed by atoms with E-state index in [4.69, 9.17) is 27.9 Å². The Kier molecular flexibility index (Phi) is 6.62. The topological polar surface area (TPSA) is 55.4 Å². The summed E-state index contributed by atoms with van der Waals surface area (Å²) in [5.74, 6) is -0.154. The molecule has 1 fully saturated rings. The van der Waals surface area contributed by atoms with Crippen LogP contribution in [0.15, 0.2) is 18.2 Å². The Labute approximate surface area is 165 Å². The van der Waals surface area contributed by atoms with Gasteiger partial charge in [-0.25, -0.2) is 4.79 Å². The molecule has 0 aliphatic heterocycles. The van der Waals surface area contributed by atoms with Gasteiger partial charge in [-0.2, -0.15) is 0 Å². The van der Waals surface area contributed by atoms with Gasteiger partial charge in [0, 0.05) is 10.0 Å². The van der Waals surface area contributed by atoms with Gasteiger partial charge in [0.2, 0.25) is 5.91 Å². The predicted octanol–water partition coefficient (Wildman–Crippen LogP) is 4.80. The number of esters is 1. The van der Waals surface area contributed by atoms with E-state index in [1.54, 1.807) is 18.2 Å². The summed E-state index contributed by atoms with van der Waals surface area (Å²) in [6.07, 6.45) is 2.91. The molecule has 1 saturated carbocycles. The minimum Gasteiger partial charge on any atom is -0.467 e. The standard InChI is InChI=1S/C20H27Cl2NO3/c1-19(2,3)13-8-10-20(11-9-13,18(25)26-4)23-17(24)12-14-15(21)6-5-7-16(14)22/h5-7,13H,8-12H2,1-4H3,(H,23,24). The molecule has 4 nitrogen and oxygen atoms in total. The van der Waals surface area contributed by atoms with Crippen LogP contribution in [-0.2, 0) is 20.7 Å². The minimum atomic E-state index is -0.971. The Bertz CT molecular complexity index is 654. The van der Waals surface area contributed by atoms with Crippen LogP contribution in [0.2, 0.25) is 10.0 Å². The van der Waals surface area contributed by atoms with E-state index >= 15 is 0 Å². The summed E-state index contributed by atoms with van der Waals surface area (Å²) in [5, 5.41) is 3.81. The number of rotatable bonds is 4. The maximum Gasteiger partial charge on any atom is 0.331 e. The zero-order chi connectivity index (χ0) is 19.5. The van der Waals surface area contributed by atoms with Gasteiger partial charge in [0.1, 0.15) is 5.54 Å². The maximum absolute atomic E-state index is 12.7. The van der Waals surface area contributed by atoms with Crippen LogP contribution in [0.25, 0.3) is 0 Å². The van der Waals surface area contributed by atoms with Gasteiger partial charge in [-0.05, 0) is 54.7 Å². The first-order chi connectivity index (χ1) is 12.1. The number of carbonyl (C=O) groups excluding carboxylic acids is 2. The average Bonchev–Trinajstić information content (AvgIpc) is 2.57. The number of methoxy groups -OCH3 is 1. The van der Waals surface area contributed by atoms with Crippen LogP contribution in [0.5, 0.6) is 0 Å². The summed E-state index contributed by atoms with van der Waals surface area (Å²) in [5.41, 5.74) is -0.227. The molecule has 0 unspecified atom stereocenters. The highest BCUT2D eigenvalue weighted by Gasteiger charge is 2.45. The molecule has 6 heteroatoms. The monoisotopic (exact) mass is 399 g/mol. The molecule has 0 heterocycles. The number of nitrogens with one attached hydrogen (secondary N) is 1. The lowest BCUT2D eigenvalue weighted by Gasteiger charge is -2.42. The summed E-state index contributed by atoms with van der Waals surface area (Å²) < 4.78 is 5.01. The van der Waals surface area contributed by atoms with Crippen molar-refractivity contribution >= 4 is 35.1 Å². The molecule has 0 aromatic heterocycles. The molecule has 1 amide bonds. The van der Waals surface area contributed by atoms with E-state index in [2.05, 4.69) is 26.1 Å². The molecule has 0 spiro atoms. The van der Waals surface area contributed by atoms with Crippen molar-refractivity contribution in [3.8, 4) is 0 Å². The van der Waals surface area contributed by atoms with Crippen LogP contribution in [0.1, 0.15) is 52.0 Å². The van der Waals surface area contributed by atoms with Gasteiger partial charge in [0.05, 0.1) is 13.5 Å². The molecule has 1 aliphatic rings. The Hall–Kier alpha value is -1.26. The number of amides is 1. The van der Waals surface area contributed by atoms with Crippen molar-refractivity contribution < 1.29 is 14.3 Å². The lowest BCUT2D eigenvalue weighted by molar-refractivity contribution is -0.153. The summed E-state index contributed by atoms with van der Waals surface area (Å²) in [6.45, 7) is 6.63. The van der Waals surface area contributed by atoms with Crippen molar-refractivity contribution in [3.63, 3.8) is 0 Å². The van der Waals surface area contributed by atoms with Gasteiger partial charge >= 0.3 is 5.97 Å². The van der Waals surface area contributed by atoms with Crippen molar-refractivity contribution in [2.75, 3.05) is 7.11 Å². The van der Waals surface area contributed by atoms with E-state index in [-0.39, 0.29) is 23.7 Å². The second-order valence-corrected chi connectivity index (χ2v) is 8.95. The predicted molar refractivity (Wildman–Crippen MR) is 104 cm³/mol. The Morgan fingerprint density at radius 1 is 1.19 bits per heavy atom. The highest BCUT2D eigenvalue weighted by molar-refractivity contribution is 6.36. The van der Waals surface area contributed by atoms with E-state index in [0.717, 1.165) is 12.8 Å². The molecule has 1 aromatic rings. The summed E-state index contributed by atoms with van der Waals surface area (Å²) >= 11 is 12.3. The van der Waals surface area contributed by atoms with Crippen LogP contribution in [0, 0.1) is 11.3 Å². The fourth-order valence-corrected chi connectivity index (χ4v) is 4.26. The third-order valence-electron chi connectivity index (χ3n) is 5.42. The van der Waals surface area contributed by atoms with Gasteiger partial charge in [0.25, 0.3) is 0 Å². The zero-order valence-electron chi connectivity index (χ0n) is 15.8. The van der Waals surface area contributed by atoms with E-state index < -0.39 is 5.54 Å². The summed E-state index contributed by atoms with van der Waals surface area (Å²) in [4.78, 5) is 25.1. The fourth-order valence-electron chi connectivity index (χ4n) is 3.72. The molecule has 1 aliphatic carbocycles. The largest absolute Gasteiger partial charge is 0.467 e. The number of hydrogen-bond acceptors (Lipinski definition) is 3. The minimum absolute atomic E-state index is 0.0277. The van der Waals surface area contributed by atoms with Gasteiger partial charge in [-0.3, -0.25) is 4.79 Å². The van der Waals surface area contributed by atoms with Gasteiger partial charge in [0.15, 0.2) is 0 Å². The van der Waals surface area contributed by atoms with Crippen LogP contribution in [0.4, 0.5) is 0 Å². The first-order valence-electron chi connectivity index (χ1n) is 8.91. The van der Waals surface area contributed by atoms with E-state index in [1.165, 1.54) is 7.11 Å². The van der Waals surface area contributed by atoms with Crippen molar-refractivity contribution in [1.29, 1.82) is 0 Å². The molecule has 0 radical (unpaired) electrons. The highest BCUT2D eigenvalue weighted by atomic mass is 35.5. The second-order valence-electron chi connectivity index (χ2n) is 8.14. The molecule has 0 atom stereocenters. The van der Waals surface area contributed by atoms with E-state index in [0.29, 0.717) is 34.4 Å². The quantitative estimate of drug-likeness (QED) is 0.739. The third-order valence-corrected chi connectivity index (χ3v) is 6.13. The van der Waals surface area contributed by atoms with Gasteiger partial charge in [-0.1, -0.05) is 50.0 Å². The van der Waals surface area contributed by atoms with Crippen LogP contribution in [0.3, 0.4) is 0 Å². The maximum atomic E-state index is 12.7. The number of benzene rings is 1. The molecule has 0 bridgehead atoms. The van der Waals surface area contributed by atoms with Crippen molar-refractivity contribution in [2.24, 2.45) is 11.3 Å². The fraction of sp³-hybridized carbons (Fsp3) is 0.600. The average molecular weight is 400 g/mol. The van der Waals surface area contributed by atoms with E-state index in [1.807, 2.05) is 0 Å². The molecule has 2 rings (SSSR count). The van der Waals surface area contributed by atoms with E-state index in [9.17, 15) is 9.59 Å². The second kappa shape index (κ2) is 8.18. The highest BCUT2D eigenvalue weighted by Crippen LogP contribution is 2.42. The normalized spacial score (nSPS) is 23.4. The molecule has 0 saturated heterocycles. The smallest absolute Gasteiger partial charge is 0.331 e. The van der Waals surface area contributed by atoms with Crippen molar-refractivity contribution in [1.82, 2.24) is 5.32 Å². The first-order valence-corrected chi connectivity index (χ1v) is 9.67. The van der Waals surface area contributed by atoms with Crippen LogP contribution < -0.4 is 5.32 Å². The van der Waals surface area contributed by atoms with Crippen LogP contribution in [-0.4, -0.2) is 24.5 Å². The molecule has 1 aromatic carbocycles. The summed E-state index contributed by atoms with van der Waals surface area (Å²) in [6, 6.07) is 5.12. The zero-order valence-corrected chi connectivity index (χ0v) is 17.3. The number of hydrogen-bond donors (Lipinski definition) is 1. The van der Waals surface area contributed by atoms with Gasteiger partial charge < -0.3 is 10.1 Å². The lowest BCUT2D eigenvalue weighted by atomic mass is 9.67.